The molecule has 1 aliphatic rings. The molecule has 1 fully saturated rings. The Morgan fingerprint density at radius 1 is 1.04 bits per heavy atom. The second-order valence-corrected chi connectivity index (χ2v) is 6.98. The molecule has 0 radical (unpaired) electrons. The van der Waals surface area contributed by atoms with Gasteiger partial charge in [-0.15, -0.1) is 0 Å². The van der Waals surface area contributed by atoms with Gasteiger partial charge in [0.2, 0.25) is 5.95 Å². The fourth-order valence-electron chi connectivity index (χ4n) is 3.47. The van der Waals surface area contributed by atoms with Crippen molar-refractivity contribution in [3.05, 3.63) is 65.0 Å². The van der Waals surface area contributed by atoms with E-state index in [2.05, 4.69) is 25.4 Å². The average molecular weight is 362 g/mol. The average Bonchev–Trinajstić information content (AvgIpc) is 2.71. The standard InChI is InChI=1S/C20H22N6O/c1-14-11-22-20(23-12-14)24-16-4-6-17(7-5-16)26-19(27)9-8-18(25-26)15-3-2-10-21-13-15/h2-3,8-13,16-17H,4-7H2,1H3,(H,22,23,24). The van der Waals surface area contributed by atoms with Crippen molar-refractivity contribution >= 4 is 5.95 Å². The van der Waals surface area contributed by atoms with Crippen LogP contribution in [-0.4, -0.2) is 30.8 Å². The number of rotatable bonds is 4. The molecule has 0 aliphatic heterocycles. The number of aromatic nitrogens is 5. The lowest BCUT2D eigenvalue weighted by Crippen LogP contribution is -2.33. The van der Waals surface area contributed by atoms with Crippen LogP contribution in [0.3, 0.4) is 0 Å². The van der Waals surface area contributed by atoms with Crippen LogP contribution in [0.1, 0.15) is 37.3 Å². The molecule has 1 aliphatic carbocycles. The molecule has 0 amide bonds. The topological polar surface area (TPSA) is 85.6 Å². The van der Waals surface area contributed by atoms with Crippen LogP contribution in [0.25, 0.3) is 11.3 Å². The van der Waals surface area contributed by atoms with E-state index in [9.17, 15) is 4.79 Å². The molecule has 0 saturated heterocycles. The van der Waals surface area contributed by atoms with Gasteiger partial charge in [0.15, 0.2) is 0 Å². The molecule has 0 atom stereocenters. The highest BCUT2D eigenvalue weighted by Gasteiger charge is 2.24. The van der Waals surface area contributed by atoms with Gasteiger partial charge in [0.05, 0.1) is 11.7 Å². The Bertz CT molecular complexity index is 946. The van der Waals surface area contributed by atoms with Crippen LogP contribution in [0.4, 0.5) is 5.95 Å². The molecular formula is C20H22N6O. The number of nitrogens with one attached hydrogen (secondary N) is 1. The third-order valence-electron chi connectivity index (χ3n) is 4.94. The zero-order valence-electron chi connectivity index (χ0n) is 15.2. The predicted octanol–water partition coefficient (Wildman–Crippen LogP) is 3.00. The van der Waals surface area contributed by atoms with E-state index in [1.165, 1.54) is 0 Å². The summed E-state index contributed by atoms with van der Waals surface area (Å²) in [6, 6.07) is 7.62. The second-order valence-electron chi connectivity index (χ2n) is 6.98. The van der Waals surface area contributed by atoms with Crippen molar-refractivity contribution in [3.8, 4) is 11.3 Å². The molecule has 7 nitrogen and oxygen atoms in total. The molecule has 3 aromatic rings. The van der Waals surface area contributed by atoms with Crippen molar-refractivity contribution in [2.24, 2.45) is 0 Å². The number of pyridine rings is 1. The molecule has 3 aromatic heterocycles. The largest absolute Gasteiger partial charge is 0.351 e. The van der Waals surface area contributed by atoms with E-state index < -0.39 is 0 Å². The van der Waals surface area contributed by atoms with Crippen LogP contribution < -0.4 is 10.9 Å². The molecule has 1 N–H and O–H groups in total. The zero-order valence-corrected chi connectivity index (χ0v) is 15.2. The van der Waals surface area contributed by atoms with Gasteiger partial charge in [-0.2, -0.15) is 5.10 Å². The number of nitrogens with zero attached hydrogens (tertiary/aromatic N) is 5. The summed E-state index contributed by atoms with van der Waals surface area (Å²) in [5, 5.41) is 8.00. The van der Waals surface area contributed by atoms with Gasteiger partial charge in [0.25, 0.3) is 5.56 Å². The van der Waals surface area contributed by atoms with Gasteiger partial charge in [-0.1, -0.05) is 0 Å². The Morgan fingerprint density at radius 2 is 1.81 bits per heavy atom. The first-order chi connectivity index (χ1) is 13.2. The maximum atomic E-state index is 12.4. The van der Waals surface area contributed by atoms with Crippen LogP contribution in [0, 0.1) is 6.92 Å². The van der Waals surface area contributed by atoms with E-state index >= 15 is 0 Å². The van der Waals surface area contributed by atoms with E-state index in [0.29, 0.717) is 12.0 Å². The Labute approximate surface area is 157 Å². The van der Waals surface area contributed by atoms with Crippen LogP contribution in [0.2, 0.25) is 0 Å². The summed E-state index contributed by atoms with van der Waals surface area (Å²) in [4.78, 5) is 25.1. The van der Waals surface area contributed by atoms with Crippen molar-refractivity contribution in [2.45, 2.75) is 44.7 Å². The molecule has 0 bridgehead atoms. The lowest BCUT2D eigenvalue weighted by atomic mass is 9.91. The predicted molar refractivity (Wildman–Crippen MR) is 103 cm³/mol. The monoisotopic (exact) mass is 362 g/mol. The number of aryl methyl sites for hydroxylation is 1. The van der Waals surface area contributed by atoms with Gasteiger partial charge in [-0.3, -0.25) is 9.78 Å². The van der Waals surface area contributed by atoms with Gasteiger partial charge >= 0.3 is 0 Å². The lowest BCUT2D eigenvalue weighted by Gasteiger charge is -2.29. The first-order valence-corrected chi connectivity index (χ1v) is 9.24. The molecule has 0 spiro atoms. The first-order valence-electron chi connectivity index (χ1n) is 9.24. The third kappa shape index (κ3) is 4.02. The van der Waals surface area contributed by atoms with Crippen LogP contribution >= 0.6 is 0 Å². The van der Waals surface area contributed by atoms with Crippen molar-refractivity contribution in [1.29, 1.82) is 0 Å². The van der Waals surface area contributed by atoms with E-state index in [0.717, 1.165) is 42.5 Å². The van der Waals surface area contributed by atoms with E-state index in [4.69, 9.17) is 0 Å². The quantitative estimate of drug-likeness (QED) is 0.768. The highest BCUT2D eigenvalue weighted by Crippen LogP contribution is 2.28. The summed E-state index contributed by atoms with van der Waals surface area (Å²) in [6.45, 7) is 1.97. The summed E-state index contributed by atoms with van der Waals surface area (Å²) in [5.74, 6) is 0.665. The van der Waals surface area contributed by atoms with Crippen molar-refractivity contribution in [2.75, 3.05) is 5.32 Å². The Morgan fingerprint density at radius 3 is 2.52 bits per heavy atom. The van der Waals surface area contributed by atoms with Crippen LogP contribution in [0.15, 0.2) is 53.8 Å². The van der Waals surface area contributed by atoms with E-state index in [1.54, 1.807) is 29.2 Å². The summed E-state index contributed by atoms with van der Waals surface area (Å²) >= 11 is 0. The van der Waals surface area contributed by atoms with Crippen molar-refractivity contribution < 1.29 is 0 Å². The number of anilines is 1. The van der Waals surface area contributed by atoms with Gasteiger partial charge in [0.1, 0.15) is 0 Å². The molecule has 27 heavy (non-hydrogen) atoms. The summed E-state index contributed by atoms with van der Waals surface area (Å²) in [5.41, 5.74) is 2.68. The maximum Gasteiger partial charge on any atom is 0.267 e. The van der Waals surface area contributed by atoms with Crippen molar-refractivity contribution in [1.82, 2.24) is 24.7 Å². The molecule has 7 heteroatoms. The Kier molecular flexibility index (Phi) is 4.91. The first kappa shape index (κ1) is 17.3. The third-order valence-corrected chi connectivity index (χ3v) is 4.94. The molecule has 3 heterocycles. The fraction of sp³-hybridized carbons (Fsp3) is 0.350. The van der Waals surface area contributed by atoms with Crippen LogP contribution in [-0.2, 0) is 0 Å². The molecule has 4 rings (SSSR count). The lowest BCUT2D eigenvalue weighted by molar-refractivity contribution is 0.304. The highest BCUT2D eigenvalue weighted by molar-refractivity contribution is 5.56. The van der Waals surface area contributed by atoms with E-state index in [-0.39, 0.29) is 11.6 Å². The molecule has 138 valence electrons. The molecule has 0 aromatic carbocycles. The second kappa shape index (κ2) is 7.65. The van der Waals surface area contributed by atoms with Gasteiger partial charge < -0.3 is 5.32 Å². The van der Waals surface area contributed by atoms with E-state index in [1.807, 2.05) is 31.5 Å². The minimum absolute atomic E-state index is 0.0547. The number of hydrogen-bond acceptors (Lipinski definition) is 6. The minimum Gasteiger partial charge on any atom is -0.351 e. The van der Waals surface area contributed by atoms with Gasteiger partial charge in [-0.05, 0) is 56.4 Å². The fourth-order valence-corrected chi connectivity index (χ4v) is 3.47. The minimum atomic E-state index is -0.0547. The SMILES string of the molecule is Cc1cnc(NC2CCC(n3nc(-c4cccnc4)ccc3=O)CC2)nc1. The van der Waals surface area contributed by atoms with Crippen molar-refractivity contribution in [3.63, 3.8) is 0 Å². The normalized spacial score (nSPS) is 19.6. The molecule has 0 unspecified atom stereocenters. The zero-order chi connectivity index (χ0) is 18.6. The summed E-state index contributed by atoms with van der Waals surface area (Å²) in [7, 11) is 0. The molecular weight excluding hydrogens is 340 g/mol. The maximum absolute atomic E-state index is 12.4. The Hall–Kier alpha value is -3.09. The highest BCUT2D eigenvalue weighted by atomic mass is 16.1. The smallest absolute Gasteiger partial charge is 0.267 e. The summed E-state index contributed by atoms with van der Waals surface area (Å²) < 4.78 is 1.64. The Balaban J connectivity index is 1.45. The summed E-state index contributed by atoms with van der Waals surface area (Å²) in [6.07, 6.45) is 10.8. The van der Waals surface area contributed by atoms with Gasteiger partial charge in [-0.25, -0.2) is 14.6 Å². The van der Waals surface area contributed by atoms with Gasteiger partial charge in [0, 0.05) is 42.5 Å². The number of hydrogen-bond donors (Lipinski definition) is 1. The van der Waals surface area contributed by atoms with Crippen LogP contribution in [0.5, 0.6) is 0 Å². The molecule has 1 saturated carbocycles.